The molecule has 6 heteroatoms. The summed E-state index contributed by atoms with van der Waals surface area (Å²) in [7, 11) is 0. The molecule has 2 aliphatic heterocycles. The van der Waals surface area contributed by atoms with Crippen molar-refractivity contribution in [3.8, 4) is 5.69 Å². The Balaban J connectivity index is 1.65. The molecule has 0 N–H and O–H groups in total. The third-order valence-electron chi connectivity index (χ3n) is 6.03. The molecule has 0 radical (unpaired) electrons. The Morgan fingerprint density at radius 1 is 1.06 bits per heavy atom. The number of para-hydroxylation sites is 1. The Labute approximate surface area is 183 Å². The lowest BCUT2D eigenvalue weighted by Crippen LogP contribution is -2.34. The molecule has 0 saturated carbocycles. The van der Waals surface area contributed by atoms with Crippen molar-refractivity contribution in [2.24, 2.45) is 0 Å². The van der Waals surface area contributed by atoms with Gasteiger partial charge in [-0.05, 0) is 29.8 Å². The van der Waals surface area contributed by atoms with Crippen LogP contribution in [0.3, 0.4) is 0 Å². The highest BCUT2D eigenvalue weighted by Gasteiger charge is 2.58. The van der Waals surface area contributed by atoms with Gasteiger partial charge in [0.1, 0.15) is 5.60 Å². The zero-order valence-electron chi connectivity index (χ0n) is 16.4. The molecule has 3 heterocycles. The molecule has 0 amide bonds. The van der Waals surface area contributed by atoms with Crippen LogP contribution in [-0.2, 0) is 20.9 Å². The molecule has 2 aliphatic rings. The van der Waals surface area contributed by atoms with E-state index < -0.39 is 11.4 Å². The van der Waals surface area contributed by atoms with Crippen LogP contribution in [0, 0.1) is 0 Å². The van der Waals surface area contributed by atoms with Gasteiger partial charge in [0.25, 0.3) is 11.3 Å². The standard InChI is InChI=1S/C25H17ClN2O3/c1-2-24(16-8-4-3-5-9-16)15-30-25(31-24)19-10-6-7-11-21(19)28-22(29)18-14-17(26)12-13-20(18)27-23(25)28/h2-14H,1,15H2. The van der Waals surface area contributed by atoms with Crippen molar-refractivity contribution < 1.29 is 9.47 Å². The number of nitrogens with zero attached hydrogens (tertiary/aromatic N) is 2. The van der Waals surface area contributed by atoms with E-state index in [4.69, 9.17) is 26.1 Å². The highest BCUT2D eigenvalue weighted by Crippen LogP contribution is 2.52. The maximum Gasteiger partial charge on any atom is 0.266 e. The molecule has 0 aliphatic carbocycles. The first-order valence-corrected chi connectivity index (χ1v) is 10.3. The third kappa shape index (κ3) is 2.39. The van der Waals surface area contributed by atoms with Crippen LogP contribution in [0.25, 0.3) is 16.6 Å². The molecular weight excluding hydrogens is 412 g/mol. The van der Waals surface area contributed by atoms with Crippen LogP contribution in [0.4, 0.5) is 0 Å². The van der Waals surface area contributed by atoms with E-state index in [9.17, 15) is 4.79 Å². The minimum atomic E-state index is -1.33. The summed E-state index contributed by atoms with van der Waals surface area (Å²) in [5.74, 6) is -0.929. The minimum absolute atomic E-state index is 0.213. The summed E-state index contributed by atoms with van der Waals surface area (Å²) in [4.78, 5) is 18.3. The smallest absolute Gasteiger partial charge is 0.266 e. The lowest BCUT2D eigenvalue weighted by atomic mass is 9.95. The van der Waals surface area contributed by atoms with E-state index in [0.717, 1.165) is 11.1 Å². The molecule has 1 spiro atoms. The van der Waals surface area contributed by atoms with E-state index in [1.54, 1.807) is 28.8 Å². The molecule has 1 saturated heterocycles. The first-order valence-electron chi connectivity index (χ1n) is 9.94. The van der Waals surface area contributed by atoms with Gasteiger partial charge in [-0.2, -0.15) is 0 Å². The fourth-order valence-electron chi connectivity index (χ4n) is 4.52. The van der Waals surface area contributed by atoms with Gasteiger partial charge in [0, 0.05) is 10.6 Å². The Kier molecular flexibility index (Phi) is 3.81. The normalized spacial score (nSPS) is 23.8. The number of hydrogen-bond donors (Lipinski definition) is 0. The molecule has 0 bridgehead atoms. The summed E-state index contributed by atoms with van der Waals surface area (Å²) >= 11 is 6.15. The van der Waals surface area contributed by atoms with Gasteiger partial charge in [0.2, 0.25) is 0 Å². The van der Waals surface area contributed by atoms with Crippen LogP contribution in [0.2, 0.25) is 5.02 Å². The average molecular weight is 429 g/mol. The van der Waals surface area contributed by atoms with Gasteiger partial charge < -0.3 is 9.47 Å². The highest BCUT2D eigenvalue weighted by molar-refractivity contribution is 6.31. The SMILES string of the molecule is C=CC1(c2ccccc2)COC2(O1)c1ccccc1-n1c2nc2ccc(Cl)cc2c1=O. The zero-order valence-corrected chi connectivity index (χ0v) is 17.2. The highest BCUT2D eigenvalue weighted by atomic mass is 35.5. The monoisotopic (exact) mass is 428 g/mol. The molecule has 5 nitrogen and oxygen atoms in total. The van der Waals surface area contributed by atoms with E-state index in [2.05, 4.69) is 6.58 Å². The zero-order chi connectivity index (χ0) is 21.2. The van der Waals surface area contributed by atoms with Gasteiger partial charge in [-0.15, -0.1) is 0 Å². The summed E-state index contributed by atoms with van der Waals surface area (Å²) in [5, 5.41) is 0.926. The Morgan fingerprint density at radius 2 is 1.84 bits per heavy atom. The molecule has 6 rings (SSSR count). The second kappa shape index (κ2) is 6.37. The fourth-order valence-corrected chi connectivity index (χ4v) is 4.69. The van der Waals surface area contributed by atoms with Crippen molar-refractivity contribution in [1.29, 1.82) is 0 Å². The molecular formula is C25H17ClN2O3. The van der Waals surface area contributed by atoms with Crippen molar-refractivity contribution in [3.05, 3.63) is 118 Å². The van der Waals surface area contributed by atoms with Gasteiger partial charge in [-0.25, -0.2) is 4.98 Å². The van der Waals surface area contributed by atoms with Crippen molar-refractivity contribution in [1.82, 2.24) is 9.55 Å². The number of hydrogen-bond acceptors (Lipinski definition) is 4. The average Bonchev–Trinajstić information content (AvgIpc) is 3.34. The summed E-state index contributed by atoms with van der Waals surface area (Å²) in [6, 6.07) is 22.5. The Hall–Kier alpha value is -3.25. The molecule has 2 unspecified atom stereocenters. The second-order valence-corrected chi connectivity index (χ2v) is 8.16. The number of aromatic nitrogens is 2. The number of fused-ring (bicyclic) bond motifs is 6. The molecule has 2 atom stereocenters. The van der Waals surface area contributed by atoms with E-state index in [0.29, 0.717) is 27.4 Å². The lowest BCUT2D eigenvalue weighted by molar-refractivity contribution is -0.159. The van der Waals surface area contributed by atoms with Crippen molar-refractivity contribution in [3.63, 3.8) is 0 Å². The van der Waals surface area contributed by atoms with E-state index in [1.165, 1.54) is 0 Å². The molecule has 4 aromatic rings. The summed E-state index contributed by atoms with van der Waals surface area (Å²) in [6.45, 7) is 4.27. The lowest BCUT2D eigenvalue weighted by Gasteiger charge is -2.28. The van der Waals surface area contributed by atoms with Crippen molar-refractivity contribution in [2.75, 3.05) is 6.61 Å². The van der Waals surface area contributed by atoms with Crippen LogP contribution in [0.15, 0.2) is 90.2 Å². The number of rotatable bonds is 2. The minimum Gasteiger partial charge on any atom is -0.336 e. The van der Waals surface area contributed by atoms with E-state index in [1.807, 2.05) is 54.6 Å². The molecule has 1 aromatic heterocycles. The van der Waals surface area contributed by atoms with Gasteiger partial charge in [0.15, 0.2) is 5.82 Å². The van der Waals surface area contributed by atoms with E-state index >= 15 is 0 Å². The molecule has 31 heavy (non-hydrogen) atoms. The van der Waals surface area contributed by atoms with Crippen LogP contribution in [-0.4, -0.2) is 16.2 Å². The van der Waals surface area contributed by atoms with Crippen LogP contribution in [0.1, 0.15) is 17.0 Å². The van der Waals surface area contributed by atoms with Crippen LogP contribution >= 0.6 is 11.6 Å². The first kappa shape index (κ1) is 18.5. The Morgan fingerprint density at radius 3 is 2.65 bits per heavy atom. The topological polar surface area (TPSA) is 53.4 Å². The third-order valence-corrected chi connectivity index (χ3v) is 6.27. The predicted molar refractivity (Wildman–Crippen MR) is 118 cm³/mol. The molecule has 152 valence electrons. The van der Waals surface area contributed by atoms with Crippen LogP contribution < -0.4 is 5.56 Å². The summed E-state index contributed by atoms with van der Waals surface area (Å²) < 4.78 is 14.7. The fraction of sp³-hybridized carbons (Fsp3) is 0.120. The van der Waals surface area contributed by atoms with Gasteiger partial charge in [0.05, 0.1) is 23.2 Å². The first-order chi connectivity index (χ1) is 15.1. The predicted octanol–water partition coefficient (Wildman–Crippen LogP) is 4.68. The maximum atomic E-state index is 13.5. The van der Waals surface area contributed by atoms with Gasteiger partial charge in [-0.3, -0.25) is 9.36 Å². The second-order valence-electron chi connectivity index (χ2n) is 7.72. The molecule has 3 aromatic carbocycles. The largest absolute Gasteiger partial charge is 0.336 e. The van der Waals surface area contributed by atoms with Crippen LogP contribution in [0.5, 0.6) is 0 Å². The van der Waals surface area contributed by atoms with E-state index in [-0.39, 0.29) is 12.2 Å². The van der Waals surface area contributed by atoms with Gasteiger partial charge >= 0.3 is 0 Å². The summed E-state index contributed by atoms with van der Waals surface area (Å²) in [5.41, 5.74) is 1.79. The number of benzene rings is 3. The van der Waals surface area contributed by atoms with Crippen molar-refractivity contribution >= 4 is 22.5 Å². The quantitative estimate of drug-likeness (QED) is 0.435. The maximum absolute atomic E-state index is 13.5. The van der Waals surface area contributed by atoms with Crippen molar-refractivity contribution in [2.45, 2.75) is 11.4 Å². The molecule has 1 fully saturated rings. The summed E-state index contributed by atoms with van der Waals surface area (Å²) in [6.07, 6.45) is 1.75. The number of ether oxygens (including phenoxy) is 2. The Bertz CT molecular complexity index is 1430. The van der Waals surface area contributed by atoms with Gasteiger partial charge in [-0.1, -0.05) is 72.8 Å². The number of halogens is 1.